The second-order valence-electron chi connectivity index (χ2n) is 6.77. The fourth-order valence-electron chi connectivity index (χ4n) is 3.87. The van der Waals surface area contributed by atoms with E-state index < -0.39 is 0 Å². The average Bonchev–Trinajstić information content (AvgIpc) is 3.05. The summed E-state index contributed by atoms with van der Waals surface area (Å²) < 4.78 is 2.27. The number of pyridine rings is 1. The molecule has 0 radical (unpaired) electrons. The van der Waals surface area contributed by atoms with Gasteiger partial charge in [0.25, 0.3) is 0 Å². The highest BCUT2D eigenvalue weighted by Gasteiger charge is 2.11. The summed E-state index contributed by atoms with van der Waals surface area (Å²) in [6.45, 7) is 4.27. The molecule has 5 rings (SSSR count). The maximum atomic E-state index is 4.74. The lowest BCUT2D eigenvalue weighted by Crippen LogP contribution is -1.93. The molecule has 3 aromatic carbocycles. The van der Waals surface area contributed by atoms with Crippen LogP contribution in [0.15, 0.2) is 72.9 Å². The highest BCUT2D eigenvalue weighted by atomic mass is 15.0. The van der Waals surface area contributed by atoms with Crippen molar-refractivity contribution < 1.29 is 0 Å². The second kappa shape index (κ2) is 5.18. The number of hydrogen-bond donors (Lipinski definition) is 0. The van der Waals surface area contributed by atoms with E-state index >= 15 is 0 Å². The molecule has 2 aromatic heterocycles. The highest BCUT2D eigenvalue weighted by molar-refractivity contribution is 6.07. The van der Waals surface area contributed by atoms with Gasteiger partial charge >= 0.3 is 0 Å². The van der Waals surface area contributed by atoms with E-state index in [0.29, 0.717) is 0 Å². The molecule has 25 heavy (non-hydrogen) atoms. The predicted molar refractivity (Wildman–Crippen MR) is 105 cm³/mol. The van der Waals surface area contributed by atoms with Gasteiger partial charge in [-0.2, -0.15) is 0 Å². The Labute approximate surface area is 146 Å². The minimum Gasteiger partial charge on any atom is -0.292 e. The van der Waals surface area contributed by atoms with Crippen molar-refractivity contribution in [3.63, 3.8) is 0 Å². The monoisotopic (exact) mass is 322 g/mol. The lowest BCUT2D eigenvalue weighted by Gasteiger charge is -2.10. The van der Waals surface area contributed by atoms with Crippen molar-refractivity contribution in [3.8, 4) is 11.4 Å². The molecule has 2 heterocycles. The van der Waals surface area contributed by atoms with Crippen molar-refractivity contribution in [1.29, 1.82) is 0 Å². The molecular formula is C23H18N2. The molecule has 2 heteroatoms. The zero-order valence-electron chi connectivity index (χ0n) is 14.3. The van der Waals surface area contributed by atoms with Crippen LogP contribution in [0, 0.1) is 13.8 Å². The summed E-state index contributed by atoms with van der Waals surface area (Å²) in [6.07, 6.45) is 1.96. The Balaban J connectivity index is 1.92. The Morgan fingerprint density at radius 1 is 0.760 bits per heavy atom. The zero-order chi connectivity index (χ0) is 17.0. The average molecular weight is 322 g/mol. The Morgan fingerprint density at radius 2 is 1.56 bits per heavy atom. The Bertz CT molecular complexity index is 1240. The molecule has 120 valence electrons. The Morgan fingerprint density at radius 3 is 2.40 bits per heavy atom. The lowest BCUT2D eigenvalue weighted by atomic mass is 10.0. The summed E-state index contributed by atoms with van der Waals surface area (Å²) in [7, 11) is 0. The molecule has 0 spiro atoms. The molecular weight excluding hydrogens is 304 g/mol. The first-order chi connectivity index (χ1) is 12.2. The first-order valence-electron chi connectivity index (χ1n) is 8.57. The number of aryl methyl sites for hydroxylation is 2. The van der Waals surface area contributed by atoms with E-state index in [1.807, 2.05) is 6.20 Å². The van der Waals surface area contributed by atoms with Gasteiger partial charge in [-0.15, -0.1) is 0 Å². The van der Waals surface area contributed by atoms with Gasteiger partial charge in [-0.3, -0.25) is 4.40 Å². The van der Waals surface area contributed by atoms with Crippen LogP contribution < -0.4 is 0 Å². The summed E-state index contributed by atoms with van der Waals surface area (Å²) in [4.78, 5) is 4.74. The summed E-state index contributed by atoms with van der Waals surface area (Å²) in [5.74, 6) is 1.00. The molecule has 0 fully saturated rings. The molecule has 0 aliphatic heterocycles. The van der Waals surface area contributed by atoms with E-state index in [2.05, 4.69) is 85.0 Å². The Kier molecular flexibility index (Phi) is 2.95. The van der Waals surface area contributed by atoms with Crippen LogP contribution >= 0.6 is 0 Å². The molecule has 2 nitrogen and oxygen atoms in total. The van der Waals surface area contributed by atoms with E-state index in [9.17, 15) is 0 Å². The molecule has 0 saturated heterocycles. The quantitative estimate of drug-likeness (QED) is 0.350. The maximum absolute atomic E-state index is 4.74. The fraction of sp³-hybridized carbons (Fsp3) is 0.0870. The highest BCUT2D eigenvalue weighted by Crippen LogP contribution is 2.30. The third-order valence-electron chi connectivity index (χ3n) is 4.88. The van der Waals surface area contributed by atoms with Crippen molar-refractivity contribution in [2.45, 2.75) is 13.8 Å². The van der Waals surface area contributed by atoms with Gasteiger partial charge in [0.1, 0.15) is 5.82 Å². The summed E-state index contributed by atoms with van der Waals surface area (Å²) >= 11 is 0. The van der Waals surface area contributed by atoms with Crippen molar-refractivity contribution in [3.05, 3.63) is 84.1 Å². The lowest BCUT2D eigenvalue weighted by molar-refractivity contribution is 1.21. The van der Waals surface area contributed by atoms with Crippen LogP contribution in [0.2, 0.25) is 0 Å². The number of hydrogen-bond acceptors (Lipinski definition) is 1. The van der Waals surface area contributed by atoms with Gasteiger partial charge in [0, 0.05) is 10.9 Å². The zero-order valence-corrected chi connectivity index (χ0v) is 14.3. The number of nitrogens with zero attached hydrogens (tertiary/aromatic N) is 2. The van der Waals surface area contributed by atoms with Gasteiger partial charge in [-0.25, -0.2) is 4.98 Å². The van der Waals surface area contributed by atoms with E-state index in [1.54, 1.807) is 0 Å². The van der Waals surface area contributed by atoms with Gasteiger partial charge in [0.15, 0.2) is 0 Å². The minimum absolute atomic E-state index is 1.00. The molecule has 0 N–H and O–H groups in total. The smallest absolute Gasteiger partial charge is 0.145 e. The fourth-order valence-corrected chi connectivity index (χ4v) is 3.87. The summed E-state index contributed by atoms with van der Waals surface area (Å²) in [5, 5.41) is 3.80. The van der Waals surface area contributed by atoms with Gasteiger partial charge < -0.3 is 0 Å². The SMILES string of the molecule is Cc1cc(C)cc(-c2ncc3ccc4c5ccccc5ccc4n23)c1. The third kappa shape index (κ3) is 2.14. The molecule has 5 aromatic rings. The number of imidazole rings is 1. The molecule has 0 amide bonds. The van der Waals surface area contributed by atoms with Crippen LogP contribution in [-0.4, -0.2) is 9.38 Å². The molecule has 0 bridgehead atoms. The normalized spacial score (nSPS) is 11.6. The van der Waals surface area contributed by atoms with E-state index in [1.165, 1.54) is 32.8 Å². The van der Waals surface area contributed by atoms with Gasteiger partial charge in [-0.05, 0) is 48.9 Å². The molecule has 0 aliphatic carbocycles. The largest absolute Gasteiger partial charge is 0.292 e. The predicted octanol–water partition coefficient (Wildman–Crippen LogP) is 5.92. The number of fused-ring (bicyclic) bond motifs is 5. The van der Waals surface area contributed by atoms with Crippen molar-refractivity contribution in [2.24, 2.45) is 0 Å². The van der Waals surface area contributed by atoms with Crippen LogP contribution in [0.1, 0.15) is 11.1 Å². The Hall–Kier alpha value is -3.13. The van der Waals surface area contributed by atoms with Crippen molar-refractivity contribution in [2.75, 3.05) is 0 Å². The topological polar surface area (TPSA) is 17.3 Å². The molecule has 0 aliphatic rings. The second-order valence-corrected chi connectivity index (χ2v) is 6.77. The summed E-state index contributed by atoms with van der Waals surface area (Å²) in [6, 6.07) is 23.9. The first kappa shape index (κ1) is 14.2. The van der Waals surface area contributed by atoms with Crippen LogP contribution in [0.4, 0.5) is 0 Å². The van der Waals surface area contributed by atoms with Crippen LogP contribution in [0.25, 0.3) is 38.6 Å². The number of benzene rings is 3. The van der Waals surface area contributed by atoms with Gasteiger partial charge in [0.05, 0.1) is 17.2 Å². The molecule has 0 unspecified atom stereocenters. The van der Waals surface area contributed by atoms with E-state index in [4.69, 9.17) is 4.98 Å². The molecule has 0 atom stereocenters. The van der Waals surface area contributed by atoms with E-state index in [0.717, 1.165) is 16.9 Å². The van der Waals surface area contributed by atoms with Crippen LogP contribution in [-0.2, 0) is 0 Å². The molecule has 0 saturated carbocycles. The number of rotatable bonds is 1. The first-order valence-corrected chi connectivity index (χ1v) is 8.57. The van der Waals surface area contributed by atoms with Crippen LogP contribution in [0.5, 0.6) is 0 Å². The van der Waals surface area contributed by atoms with E-state index in [-0.39, 0.29) is 0 Å². The van der Waals surface area contributed by atoms with Gasteiger partial charge in [-0.1, -0.05) is 53.6 Å². The minimum atomic E-state index is 1.00. The van der Waals surface area contributed by atoms with Crippen molar-refractivity contribution in [1.82, 2.24) is 9.38 Å². The number of aromatic nitrogens is 2. The van der Waals surface area contributed by atoms with Crippen LogP contribution in [0.3, 0.4) is 0 Å². The third-order valence-corrected chi connectivity index (χ3v) is 4.88. The maximum Gasteiger partial charge on any atom is 0.145 e. The summed E-state index contributed by atoms with van der Waals surface area (Å²) in [5.41, 5.74) is 6.01. The van der Waals surface area contributed by atoms with Gasteiger partial charge in [0.2, 0.25) is 0 Å². The van der Waals surface area contributed by atoms with Crippen molar-refractivity contribution >= 4 is 27.2 Å². The standard InChI is InChI=1S/C23H18N2/c1-15-11-16(2)13-18(12-15)23-24-14-19-8-9-21-20-6-4-3-5-17(20)7-10-22(21)25(19)23/h3-14H,1-2H3.